The number of carbonyl (C=O) groups is 1. The summed E-state index contributed by atoms with van der Waals surface area (Å²) in [6, 6.07) is 0. The lowest BCUT2D eigenvalue weighted by Crippen LogP contribution is -1.95. The van der Waals surface area contributed by atoms with Gasteiger partial charge in [-0.25, -0.2) is 4.79 Å². The topological polar surface area (TPSA) is 37.3 Å². The molecular weight excluding hydrogens is 164 g/mol. The molecule has 0 fully saturated rings. The largest absolute Gasteiger partial charge is 0.478 e. The minimum atomic E-state index is -0.852. The first-order valence-corrected chi connectivity index (χ1v) is 4.16. The molecule has 0 radical (unpaired) electrons. The van der Waals surface area contributed by atoms with Crippen LogP contribution in [0.4, 0.5) is 0 Å². The molecule has 66 valence electrons. The molecule has 2 aliphatic rings. The third-order valence-corrected chi connectivity index (χ3v) is 2.42. The quantitative estimate of drug-likeness (QED) is 0.661. The molecule has 1 N–H and O–H groups in total. The number of aliphatic carboxylic acids is 1. The van der Waals surface area contributed by atoms with Crippen molar-refractivity contribution in [1.82, 2.24) is 0 Å². The molecule has 0 saturated carbocycles. The highest BCUT2D eigenvalue weighted by atomic mass is 16.4. The van der Waals surface area contributed by atoms with Crippen LogP contribution in [0.25, 0.3) is 0 Å². The summed E-state index contributed by atoms with van der Waals surface area (Å²) in [6.07, 6.45) is 5.55. The minimum Gasteiger partial charge on any atom is -0.478 e. The molecule has 0 aromatic heterocycles. The fraction of sp³-hybridized carbons (Fsp3) is 0.182. The molecule has 0 aromatic rings. The van der Waals surface area contributed by atoms with Gasteiger partial charge in [0.25, 0.3) is 0 Å². The lowest BCUT2D eigenvalue weighted by Gasteiger charge is -1.95. The molecule has 0 saturated heterocycles. The summed E-state index contributed by atoms with van der Waals surface area (Å²) in [5.41, 5.74) is 4.82. The monoisotopic (exact) mass is 174 g/mol. The third-order valence-electron chi connectivity index (χ3n) is 2.42. The van der Waals surface area contributed by atoms with Crippen molar-refractivity contribution < 1.29 is 9.90 Å². The van der Waals surface area contributed by atoms with Gasteiger partial charge in [0.15, 0.2) is 0 Å². The highest BCUT2D eigenvalue weighted by molar-refractivity contribution is 5.94. The van der Waals surface area contributed by atoms with E-state index in [9.17, 15) is 4.79 Å². The molecule has 0 aliphatic heterocycles. The Labute approximate surface area is 76.6 Å². The van der Waals surface area contributed by atoms with Gasteiger partial charge in [-0.05, 0) is 48.3 Å². The molecule has 2 nitrogen and oxygen atoms in total. The second-order valence-electron chi connectivity index (χ2n) is 3.39. The Bertz CT molecular complexity index is 417. The highest BCUT2D eigenvalue weighted by Gasteiger charge is 2.22. The van der Waals surface area contributed by atoms with E-state index >= 15 is 0 Å². The van der Waals surface area contributed by atoms with Crippen molar-refractivity contribution in [2.45, 2.75) is 13.8 Å². The Morgan fingerprint density at radius 1 is 1.23 bits per heavy atom. The summed E-state index contributed by atoms with van der Waals surface area (Å²) in [4.78, 5) is 10.7. The maximum Gasteiger partial charge on any atom is 0.335 e. The van der Waals surface area contributed by atoms with Crippen molar-refractivity contribution >= 4 is 5.97 Å². The van der Waals surface area contributed by atoms with Gasteiger partial charge in [0.1, 0.15) is 0 Å². The summed E-state index contributed by atoms with van der Waals surface area (Å²) in [6.45, 7) is 4.00. The molecular formula is C11H10O2. The van der Waals surface area contributed by atoms with Gasteiger partial charge >= 0.3 is 5.97 Å². The Hall–Kier alpha value is -1.57. The first-order chi connectivity index (χ1) is 6.09. The maximum absolute atomic E-state index is 10.7. The van der Waals surface area contributed by atoms with E-state index in [0.29, 0.717) is 5.57 Å². The van der Waals surface area contributed by atoms with Gasteiger partial charge < -0.3 is 5.11 Å². The zero-order chi connectivity index (χ0) is 9.59. The molecule has 2 heteroatoms. The van der Waals surface area contributed by atoms with Crippen molar-refractivity contribution in [2.24, 2.45) is 0 Å². The number of carboxylic acid groups (broad SMARTS) is 1. The number of hydrogen-bond donors (Lipinski definition) is 1. The van der Waals surface area contributed by atoms with E-state index in [1.807, 2.05) is 13.8 Å². The Kier molecular flexibility index (Phi) is 1.52. The standard InChI is InChI=1S/C11H10O2/c1-6-3-7(2)10-5-8(11(12)13)4-9(6)10/h3-5H,1-2H3,(H,12,13). The van der Waals surface area contributed by atoms with Crippen molar-refractivity contribution in [2.75, 3.05) is 0 Å². The van der Waals surface area contributed by atoms with Crippen LogP contribution in [0.1, 0.15) is 13.8 Å². The summed E-state index contributed by atoms with van der Waals surface area (Å²) < 4.78 is 0. The summed E-state index contributed by atoms with van der Waals surface area (Å²) >= 11 is 0. The molecule has 13 heavy (non-hydrogen) atoms. The van der Waals surface area contributed by atoms with Crippen molar-refractivity contribution in [3.63, 3.8) is 0 Å². The lowest BCUT2D eigenvalue weighted by molar-refractivity contribution is -0.132. The van der Waals surface area contributed by atoms with E-state index < -0.39 is 5.97 Å². The van der Waals surface area contributed by atoms with Crippen LogP contribution in [0.5, 0.6) is 0 Å². The minimum absolute atomic E-state index is 0.386. The van der Waals surface area contributed by atoms with E-state index in [-0.39, 0.29) is 0 Å². The zero-order valence-corrected chi connectivity index (χ0v) is 7.59. The Morgan fingerprint density at radius 3 is 2.46 bits per heavy atom. The summed E-state index contributed by atoms with van der Waals surface area (Å²) in [7, 11) is 0. The number of fused-ring (bicyclic) bond motifs is 1. The average Bonchev–Trinajstić information content (AvgIpc) is 2.55. The van der Waals surface area contributed by atoms with Crippen LogP contribution >= 0.6 is 0 Å². The second kappa shape index (κ2) is 2.46. The molecule has 0 spiro atoms. The Morgan fingerprint density at radius 2 is 1.92 bits per heavy atom. The second-order valence-corrected chi connectivity index (χ2v) is 3.39. The predicted molar refractivity (Wildman–Crippen MR) is 50.3 cm³/mol. The number of hydrogen-bond acceptors (Lipinski definition) is 1. The molecule has 0 heterocycles. The molecule has 0 unspecified atom stereocenters. The number of allylic oxidation sites excluding steroid dienone is 6. The van der Waals surface area contributed by atoms with Crippen LogP contribution < -0.4 is 0 Å². The van der Waals surface area contributed by atoms with Crippen molar-refractivity contribution in [3.05, 3.63) is 46.1 Å². The predicted octanol–water partition coefficient (Wildman–Crippen LogP) is 2.21. The van der Waals surface area contributed by atoms with E-state index in [4.69, 9.17) is 5.11 Å². The zero-order valence-electron chi connectivity index (χ0n) is 7.59. The highest BCUT2D eigenvalue weighted by Crippen LogP contribution is 2.37. The van der Waals surface area contributed by atoms with Crippen LogP contribution in [-0.2, 0) is 4.79 Å². The molecule has 2 rings (SSSR count). The van der Waals surface area contributed by atoms with Gasteiger partial charge in [-0.15, -0.1) is 0 Å². The van der Waals surface area contributed by atoms with E-state index in [0.717, 1.165) is 22.3 Å². The first-order valence-electron chi connectivity index (χ1n) is 4.16. The molecule has 2 aliphatic carbocycles. The molecule has 0 atom stereocenters. The van der Waals surface area contributed by atoms with Gasteiger partial charge in [0.05, 0.1) is 5.57 Å². The normalized spacial score (nSPS) is 19.7. The average molecular weight is 174 g/mol. The van der Waals surface area contributed by atoms with Crippen LogP contribution in [0.3, 0.4) is 0 Å². The molecule has 0 bridgehead atoms. The first kappa shape index (κ1) is 8.05. The van der Waals surface area contributed by atoms with Crippen LogP contribution in [0.15, 0.2) is 46.1 Å². The van der Waals surface area contributed by atoms with Gasteiger partial charge in [0, 0.05) is 0 Å². The van der Waals surface area contributed by atoms with Crippen LogP contribution in [0, 0.1) is 0 Å². The summed E-state index contributed by atoms with van der Waals surface area (Å²) in [5, 5.41) is 8.79. The van der Waals surface area contributed by atoms with Gasteiger partial charge in [-0.1, -0.05) is 6.08 Å². The fourth-order valence-electron chi connectivity index (χ4n) is 1.76. The van der Waals surface area contributed by atoms with E-state index in [1.54, 1.807) is 12.2 Å². The van der Waals surface area contributed by atoms with Gasteiger partial charge in [0.2, 0.25) is 0 Å². The van der Waals surface area contributed by atoms with Crippen LogP contribution in [-0.4, -0.2) is 11.1 Å². The number of carboxylic acids is 1. The van der Waals surface area contributed by atoms with Gasteiger partial charge in [-0.2, -0.15) is 0 Å². The molecule has 0 aromatic carbocycles. The SMILES string of the molecule is CC1=CC(C)=C2C=C(C(=O)O)C=C12. The summed E-state index contributed by atoms with van der Waals surface area (Å²) in [5.74, 6) is -0.852. The lowest BCUT2D eigenvalue weighted by atomic mass is 10.1. The third kappa shape index (κ3) is 1.06. The van der Waals surface area contributed by atoms with E-state index in [2.05, 4.69) is 6.08 Å². The van der Waals surface area contributed by atoms with Crippen molar-refractivity contribution in [1.29, 1.82) is 0 Å². The smallest absolute Gasteiger partial charge is 0.335 e. The van der Waals surface area contributed by atoms with E-state index in [1.165, 1.54) is 0 Å². The maximum atomic E-state index is 10.7. The van der Waals surface area contributed by atoms with Crippen LogP contribution in [0.2, 0.25) is 0 Å². The molecule has 0 amide bonds. The van der Waals surface area contributed by atoms with Gasteiger partial charge in [-0.3, -0.25) is 0 Å². The Balaban J connectivity index is 2.50. The number of rotatable bonds is 1. The van der Waals surface area contributed by atoms with Crippen molar-refractivity contribution in [3.8, 4) is 0 Å². The fourth-order valence-corrected chi connectivity index (χ4v) is 1.76.